The number of aromatic nitrogens is 2. The van der Waals surface area contributed by atoms with Gasteiger partial charge in [0.2, 0.25) is 0 Å². The predicted octanol–water partition coefficient (Wildman–Crippen LogP) is 2.46. The first-order chi connectivity index (χ1) is 8.72. The summed E-state index contributed by atoms with van der Waals surface area (Å²) in [5.74, 6) is 1.06. The second-order valence-corrected chi connectivity index (χ2v) is 4.83. The van der Waals surface area contributed by atoms with Crippen LogP contribution in [0, 0.1) is 6.92 Å². The molecule has 0 spiro atoms. The average molecular weight is 249 g/mol. The van der Waals surface area contributed by atoms with Gasteiger partial charge in [0.15, 0.2) is 0 Å². The van der Waals surface area contributed by atoms with Gasteiger partial charge in [-0.25, -0.2) is 0 Å². The summed E-state index contributed by atoms with van der Waals surface area (Å²) in [6, 6.07) is 0.152. The van der Waals surface area contributed by atoms with Crippen LogP contribution in [0.2, 0.25) is 0 Å². The summed E-state index contributed by atoms with van der Waals surface area (Å²) in [4.78, 5) is 0. The van der Waals surface area contributed by atoms with Crippen molar-refractivity contribution in [3.8, 4) is 0 Å². The lowest BCUT2D eigenvalue weighted by molar-refractivity contribution is 0.167. The second-order valence-electron chi connectivity index (χ2n) is 4.83. The minimum absolute atomic E-state index is 0.152. The van der Waals surface area contributed by atoms with Crippen LogP contribution in [0.5, 0.6) is 0 Å². The molecule has 1 aromatic rings. The van der Waals surface area contributed by atoms with Crippen LogP contribution >= 0.6 is 0 Å². The van der Waals surface area contributed by atoms with Gasteiger partial charge in [0, 0.05) is 18.8 Å². The molecule has 0 amide bonds. The summed E-state index contributed by atoms with van der Waals surface area (Å²) in [6.45, 7) is 6.05. The van der Waals surface area contributed by atoms with E-state index in [1.807, 2.05) is 11.7 Å². The number of allylic oxidation sites excluding steroid dienone is 1. The first-order valence-electron chi connectivity index (χ1n) is 6.78. The van der Waals surface area contributed by atoms with Crippen molar-refractivity contribution in [2.24, 2.45) is 7.05 Å². The zero-order chi connectivity index (χ0) is 13.0. The number of ether oxygens (including phenoxy) is 1. The van der Waals surface area contributed by atoms with Gasteiger partial charge in [-0.1, -0.05) is 6.92 Å². The Morgan fingerprint density at radius 3 is 2.94 bits per heavy atom. The van der Waals surface area contributed by atoms with E-state index in [4.69, 9.17) is 4.74 Å². The van der Waals surface area contributed by atoms with Gasteiger partial charge in [0.25, 0.3) is 0 Å². The highest BCUT2D eigenvalue weighted by Crippen LogP contribution is 2.27. The molecule has 0 aromatic carbocycles. The van der Waals surface area contributed by atoms with Crippen LogP contribution in [0.15, 0.2) is 18.0 Å². The molecule has 1 atom stereocenters. The molecule has 0 saturated carbocycles. The van der Waals surface area contributed by atoms with Crippen molar-refractivity contribution in [1.82, 2.24) is 15.1 Å². The molecule has 0 saturated heterocycles. The van der Waals surface area contributed by atoms with Gasteiger partial charge in [-0.15, -0.1) is 0 Å². The molecule has 0 bridgehead atoms. The summed E-state index contributed by atoms with van der Waals surface area (Å²) in [7, 11) is 1.96. The van der Waals surface area contributed by atoms with Gasteiger partial charge in [0.05, 0.1) is 18.3 Å². The van der Waals surface area contributed by atoms with Crippen LogP contribution in [0.3, 0.4) is 0 Å². The number of nitrogens with zero attached hydrogens (tertiary/aromatic N) is 2. The molecule has 4 heteroatoms. The van der Waals surface area contributed by atoms with E-state index < -0.39 is 0 Å². The molecule has 0 aliphatic carbocycles. The van der Waals surface area contributed by atoms with Gasteiger partial charge in [-0.2, -0.15) is 5.10 Å². The Kier molecular flexibility index (Phi) is 4.42. The van der Waals surface area contributed by atoms with Crippen LogP contribution in [0.1, 0.15) is 43.5 Å². The molecule has 1 aromatic heterocycles. The van der Waals surface area contributed by atoms with Crippen molar-refractivity contribution in [2.75, 3.05) is 13.2 Å². The largest absolute Gasteiger partial charge is 0.496 e. The van der Waals surface area contributed by atoms with Gasteiger partial charge < -0.3 is 10.1 Å². The van der Waals surface area contributed by atoms with E-state index in [-0.39, 0.29) is 6.04 Å². The van der Waals surface area contributed by atoms with Gasteiger partial charge in [-0.3, -0.25) is 4.68 Å². The molecule has 0 fully saturated rings. The molecule has 100 valence electrons. The molecule has 1 aliphatic heterocycles. The van der Waals surface area contributed by atoms with E-state index >= 15 is 0 Å². The van der Waals surface area contributed by atoms with Crippen molar-refractivity contribution in [3.63, 3.8) is 0 Å². The molecular weight excluding hydrogens is 226 g/mol. The predicted molar refractivity (Wildman–Crippen MR) is 72.2 cm³/mol. The summed E-state index contributed by atoms with van der Waals surface area (Å²) in [6.07, 6.45) is 7.64. The fourth-order valence-electron chi connectivity index (χ4n) is 2.33. The molecular formula is C14H23N3O. The Balaban J connectivity index is 2.23. The SMILES string of the molecule is CCCNC(C1=CCCCO1)c1cn(C)nc1C. The smallest absolute Gasteiger partial charge is 0.114 e. The van der Waals surface area contributed by atoms with E-state index in [1.54, 1.807) is 0 Å². The quantitative estimate of drug-likeness (QED) is 0.871. The number of hydrogen-bond acceptors (Lipinski definition) is 3. The molecule has 1 N–H and O–H groups in total. The number of hydrogen-bond donors (Lipinski definition) is 1. The van der Waals surface area contributed by atoms with Crippen molar-refractivity contribution in [1.29, 1.82) is 0 Å². The zero-order valence-electron chi connectivity index (χ0n) is 11.6. The molecule has 1 unspecified atom stereocenters. The minimum atomic E-state index is 0.152. The topological polar surface area (TPSA) is 39.1 Å². The molecule has 4 nitrogen and oxygen atoms in total. The second kappa shape index (κ2) is 6.05. The van der Waals surface area contributed by atoms with Crippen LogP contribution in [-0.2, 0) is 11.8 Å². The Bertz CT molecular complexity index is 423. The van der Waals surface area contributed by atoms with Gasteiger partial charge in [-0.05, 0) is 38.8 Å². The summed E-state index contributed by atoms with van der Waals surface area (Å²) >= 11 is 0. The lowest BCUT2D eigenvalue weighted by atomic mass is 10.0. The normalized spacial score (nSPS) is 17.2. The van der Waals surface area contributed by atoms with Crippen LogP contribution in [0.25, 0.3) is 0 Å². The zero-order valence-corrected chi connectivity index (χ0v) is 11.6. The Morgan fingerprint density at radius 1 is 1.56 bits per heavy atom. The van der Waals surface area contributed by atoms with Crippen LogP contribution in [-0.4, -0.2) is 22.9 Å². The fourth-order valence-corrected chi connectivity index (χ4v) is 2.33. The number of aryl methyl sites for hydroxylation is 2. The summed E-state index contributed by atoms with van der Waals surface area (Å²) < 4.78 is 7.69. The maximum Gasteiger partial charge on any atom is 0.114 e. The fraction of sp³-hybridized carbons (Fsp3) is 0.643. The van der Waals surface area contributed by atoms with Gasteiger partial charge >= 0.3 is 0 Å². The number of nitrogens with one attached hydrogen (secondary N) is 1. The van der Waals surface area contributed by atoms with Crippen molar-refractivity contribution < 1.29 is 4.74 Å². The third-order valence-corrected chi connectivity index (χ3v) is 3.21. The average Bonchev–Trinajstić information content (AvgIpc) is 2.70. The standard InChI is InChI=1S/C14H23N3O/c1-4-8-15-14(13-7-5-6-9-18-13)12-10-17(3)16-11(12)2/h7,10,14-15H,4-6,8-9H2,1-3H3. The first kappa shape index (κ1) is 13.1. The van der Waals surface area contributed by atoms with Crippen LogP contribution in [0.4, 0.5) is 0 Å². The van der Waals surface area contributed by atoms with Crippen molar-refractivity contribution in [3.05, 3.63) is 29.3 Å². The summed E-state index contributed by atoms with van der Waals surface area (Å²) in [5.41, 5.74) is 2.29. The third kappa shape index (κ3) is 2.93. The number of rotatable bonds is 5. The van der Waals surface area contributed by atoms with E-state index in [0.717, 1.165) is 43.9 Å². The highest BCUT2D eigenvalue weighted by molar-refractivity contribution is 5.27. The molecule has 1 aliphatic rings. The highest BCUT2D eigenvalue weighted by Gasteiger charge is 2.22. The Labute approximate surface area is 109 Å². The molecule has 0 radical (unpaired) electrons. The minimum Gasteiger partial charge on any atom is -0.496 e. The molecule has 2 heterocycles. The van der Waals surface area contributed by atoms with Gasteiger partial charge in [0.1, 0.15) is 5.76 Å². The third-order valence-electron chi connectivity index (χ3n) is 3.21. The maximum atomic E-state index is 5.82. The Morgan fingerprint density at radius 2 is 2.39 bits per heavy atom. The highest BCUT2D eigenvalue weighted by atomic mass is 16.5. The van der Waals surface area contributed by atoms with Crippen molar-refractivity contribution >= 4 is 0 Å². The van der Waals surface area contributed by atoms with E-state index in [2.05, 4.69) is 36.5 Å². The maximum absolute atomic E-state index is 5.82. The van der Waals surface area contributed by atoms with E-state index in [1.165, 1.54) is 5.56 Å². The molecule has 2 rings (SSSR count). The lowest BCUT2D eigenvalue weighted by Gasteiger charge is -2.24. The Hall–Kier alpha value is -1.29. The lowest BCUT2D eigenvalue weighted by Crippen LogP contribution is -2.26. The summed E-state index contributed by atoms with van der Waals surface area (Å²) in [5, 5.41) is 7.99. The van der Waals surface area contributed by atoms with Crippen molar-refractivity contribution in [2.45, 2.75) is 39.2 Å². The molecule has 18 heavy (non-hydrogen) atoms. The monoisotopic (exact) mass is 249 g/mol. The van der Waals surface area contributed by atoms with Crippen LogP contribution < -0.4 is 5.32 Å². The first-order valence-corrected chi connectivity index (χ1v) is 6.78. The van der Waals surface area contributed by atoms with E-state index in [0.29, 0.717) is 0 Å². The van der Waals surface area contributed by atoms with E-state index in [9.17, 15) is 0 Å².